The van der Waals surface area contributed by atoms with Crippen molar-refractivity contribution in [2.45, 2.75) is 12.5 Å². The minimum absolute atomic E-state index is 0.274. The number of rotatable bonds is 6. The highest BCUT2D eigenvalue weighted by Crippen LogP contribution is 2.08. The van der Waals surface area contributed by atoms with E-state index in [2.05, 4.69) is 5.32 Å². The topological polar surface area (TPSA) is 38.3 Å². The van der Waals surface area contributed by atoms with E-state index in [1.54, 1.807) is 0 Å². The van der Waals surface area contributed by atoms with Crippen LogP contribution in [0.3, 0.4) is 0 Å². The normalized spacial score (nSPS) is 10.6. The second kappa shape index (κ2) is 8.90. The summed E-state index contributed by atoms with van der Waals surface area (Å²) in [7, 11) is 0. The van der Waals surface area contributed by atoms with Crippen LogP contribution < -0.4 is 5.32 Å². The molecule has 1 amide bonds. The molecule has 0 radical (unpaired) electrons. The summed E-state index contributed by atoms with van der Waals surface area (Å²) in [5.41, 5.74) is 3.11. The zero-order valence-corrected chi connectivity index (χ0v) is 12.9. The zero-order valence-electron chi connectivity index (χ0n) is 12.2. The van der Waals surface area contributed by atoms with Gasteiger partial charge in [-0.05, 0) is 16.7 Å². The van der Waals surface area contributed by atoms with E-state index in [-0.39, 0.29) is 6.61 Å². The molecule has 3 nitrogen and oxygen atoms in total. The molecule has 1 N–H and O–H groups in total. The summed E-state index contributed by atoms with van der Waals surface area (Å²) in [4.78, 5) is 11.5. The van der Waals surface area contributed by atoms with Gasteiger partial charge in [-0.1, -0.05) is 66.7 Å². The van der Waals surface area contributed by atoms with Gasteiger partial charge < -0.3 is 10.1 Å². The molecule has 2 aromatic rings. The lowest BCUT2D eigenvalue weighted by molar-refractivity contribution is 0.141. The maximum Gasteiger partial charge on any atom is 0.407 e. The summed E-state index contributed by atoms with van der Waals surface area (Å²) in [5.74, 6) is 0.513. The van der Waals surface area contributed by atoms with Crippen molar-refractivity contribution >= 4 is 23.8 Å². The molecule has 0 atom stereocenters. The van der Waals surface area contributed by atoms with Gasteiger partial charge in [-0.3, -0.25) is 0 Å². The van der Waals surface area contributed by atoms with Gasteiger partial charge in [-0.15, -0.1) is 11.6 Å². The fraction of sp³-hybridized carbons (Fsp3) is 0.167. The molecule has 0 aliphatic carbocycles. The fourth-order valence-electron chi connectivity index (χ4n) is 1.83. The first-order chi connectivity index (χ1) is 10.8. The van der Waals surface area contributed by atoms with Gasteiger partial charge in [0.15, 0.2) is 0 Å². The Morgan fingerprint density at radius 3 is 2.45 bits per heavy atom. The van der Waals surface area contributed by atoms with Gasteiger partial charge in [-0.25, -0.2) is 4.79 Å². The maximum atomic E-state index is 11.5. The molecule has 0 aliphatic heterocycles. The van der Waals surface area contributed by atoms with Crippen LogP contribution in [0.15, 0.2) is 60.7 Å². The van der Waals surface area contributed by atoms with Gasteiger partial charge in [0.25, 0.3) is 0 Å². The predicted octanol–water partition coefficient (Wildman–Crippen LogP) is 4.37. The highest BCUT2D eigenvalue weighted by molar-refractivity contribution is 6.17. The summed E-state index contributed by atoms with van der Waals surface area (Å²) in [6.07, 6.45) is 3.39. The maximum absolute atomic E-state index is 11.5. The van der Waals surface area contributed by atoms with Crippen molar-refractivity contribution in [1.82, 2.24) is 5.32 Å². The van der Waals surface area contributed by atoms with E-state index in [4.69, 9.17) is 16.3 Å². The Kier molecular flexibility index (Phi) is 6.52. The number of hydrogen-bond donors (Lipinski definition) is 1. The predicted molar refractivity (Wildman–Crippen MR) is 89.7 cm³/mol. The number of halogens is 1. The molecule has 0 aliphatic rings. The summed E-state index contributed by atoms with van der Waals surface area (Å²) in [5, 5.41) is 2.68. The second-order valence-electron chi connectivity index (χ2n) is 4.72. The third-order valence-corrected chi connectivity index (χ3v) is 3.33. The Labute approximate surface area is 135 Å². The Morgan fingerprint density at radius 2 is 1.77 bits per heavy atom. The van der Waals surface area contributed by atoms with Gasteiger partial charge in [0.1, 0.15) is 6.61 Å². The summed E-state index contributed by atoms with van der Waals surface area (Å²) in [6, 6.07) is 17.5. The van der Waals surface area contributed by atoms with E-state index in [1.165, 1.54) is 0 Å². The van der Waals surface area contributed by atoms with Crippen molar-refractivity contribution in [3.63, 3.8) is 0 Å². The number of benzene rings is 2. The molecule has 0 fully saturated rings. The Hall–Kier alpha value is -2.26. The van der Waals surface area contributed by atoms with Crippen LogP contribution in [0.2, 0.25) is 0 Å². The van der Waals surface area contributed by atoms with Gasteiger partial charge in [0.2, 0.25) is 0 Å². The van der Waals surface area contributed by atoms with Crippen molar-refractivity contribution in [3.8, 4) is 0 Å². The third kappa shape index (κ3) is 5.62. The molecule has 114 valence electrons. The van der Waals surface area contributed by atoms with Crippen LogP contribution >= 0.6 is 11.6 Å². The quantitative estimate of drug-likeness (QED) is 0.804. The first kappa shape index (κ1) is 16.1. The fourth-order valence-corrected chi connectivity index (χ4v) is 2.01. The number of hydrogen-bond acceptors (Lipinski definition) is 2. The lowest BCUT2D eigenvalue weighted by atomic mass is 10.1. The monoisotopic (exact) mass is 315 g/mol. The van der Waals surface area contributed by atoms with Crippen LogP contribution in [0.4, 0.5) is 4.79 Å². The van der Waals surface area contributed by atoms with E-state index in [0.29, 0.717) is 12.4 Å². The number of carbonyl (C=O) groups excluding carboxylic acids is 1. The first-order valence-electron chi connectivity index (χ1n) is 7.04. The second-order valence-corrected chi connectivity index (χ2v) is 4.99. The molecule has 0 unspecified atom stereocenters. The summed E-state index contributed by atoms with van der Waals surface area (Å²) in [6.45, 7) is 0.696. The van der Waals surface area contributed by atoms with Crippen LogP contribution in [0.25, 0.3) is 6.08 Å². The smallest absolute Gasteiger partial charge is 0.407 e. The minimum atomic E-state index is -0.425. The SMILES string of the molecule is O=C(NCC=Cc1ccc(CCl)cc1)OCc1ccccc1. The van der Waals surface area contributed by atoms with Crippen molar-refractivity contribution in [1.29, 1.82) is 0 Å². The van der Waals surface area contributed by atoms with Crippen molar-refractivity contribution in [3.05, 3.63) is 77.4 Å². The van der Waals surface area contributed by atoms with Crippen LogP contribution in [0.5, 0.6) is 0 Å². The lowest BCUT2D eigenvalue weighted by Gasteiger charge is -2.05. The number of ether oxygens (including phenoxy) is 1. The molecule has 0 saturated heterocycles. The standard InChI is InChI=1S/C18H18ClNO2/c19-13-16-10-8-15(9-11-16)7-4-12-20-18(21)22-14-17-5-2-1-3-6-17/h1-11H,12-14H2,(H,20,21). The molecule has 2 aromatic carbocycles. The van der Waals surface area contributed by atoms with Gasteiger partial charge >= 0.3 is 6.09 Å². The molecule has 2 rings (SSSR count). The molecule has 4 heteroatoms. The van der Waals surface area contributed by atoms with E-state index >= 15 is 0 Å². The Morgan fingerprint density at radius 1 is 1.05 bits per heavy atom. The van der Waals surface area contributed by atoms with Crippen LogP contribution in [-0.4, -0.2) is 12.6 Å². The molecule has 0 spiro atoms. The average Bonchev–Trinajstić information content (AvgIpc) is 2.58. The van der Waals surface area contributed by atoms with Crippen LogP contribution in [-0.2, 0) is 17.2 Å². The van der Waals surface area contributed by atoms with E-state index in [0.717, 1.165) is 16.7 Å². The molecular weight excluding hydrogens is 298 g/mol. The van der Waals surface area contributed by atoms with Gasteiger partial charge in [-0.2, -0.15) is 0 Å². The highest BCUT2D eigenvalue weighted by atomic mass is 35.5. The lowest BCUT2D eigenvalue weighted by Crippen LogP contribution is -2.24. The van der Waals surface area contributed by atoms with Crippen molar-refractivity contribution in [2.75, 3.05) is 6.54 Å². The molecule has 0 saturated carbocycles. The van der Waals surface area contributed by atoms with Gasteiger partial charge in [0.05, 0.1) is 0 Å². The minimum Gasteiger partial charge on any atom is -0.445 e. The summed E-state index contributed by atoms with van der Waals surface area (Å²) < 4.78 is 5.11. The van der Waals surface area contributed by atoms with Crippen LogP contribution in [0.1, 0.15) is 16.7 Å². The Balaban J connectivity index is 1.68. The number of nitrogens with one attached hydrogen (secondary N) is 1. The number of amides is 1. The van der Waals surface area contributed by atoms with Gasteiger partial charge in [0, 0.05) is 12.4 Å². The number of carbonyl (C=O) groups is 1. The number of alkyl halides is 1. The molecule has 22 heavy (non-hydrogen) atoms. The zero-order chi connectivity index (χ0) is 15.6. The third-order valence-electron chi connectivity index (χ3n) is 3.02. The van der Waals surface area contributed by atoms with Crippen molar-refractivity contribution in [2.24, 2.45) is 0 Å². The molecular formula is C18H18ClNO2. The van der Waals surface area contributed by atoms with Crippen molar-refractivity contribution < 1.29 is 9.53 Å². The number of alkyl carbamates (subject to hydrolysis) is 1. The largest absolute Gasteiger partial charge is 0.445 e. The molecule has 0 aromatic heterocycles. The molecule has 0 heterocycles. The first-order valence-corrected chi connectivity index (χ1v) is 7.57. The summed E-state index contributed by atoms with van der Waals surface area (Å²) >= 11 is 5.74. The van der Waals surface area contributed by atoms with E-state index in [9.17, 15) is 4.79 Å². The van der Waals surface area contributed by atoms with Crippen LogP contribution in [0, 0.1) is 0 Å². The molecule has 0 bridgehead atoms. The average molecular weight is 316 g/mol. The highest BCUT2D eigenvalue weighted by Gasteiger charge is 2.00. The Bertz CT molecular complexity index is 609. The van der Waals surface area contributed by atoms with E-state index in [1.807, 2.05) is 66.7 Å². The van der Waals surface area contributed by atoms with E-state index < -0.39 is 6.09 Å².